The molecule has 1 N–H and O–H groups in total. The molecule has 190 valence electrons. The van der Waals surface area contributed by atoms with Crippen LogP contribution in [0.25, 0.3) is 0 Å². The van der Waals surface area contributed by atoms with E-state index in [-0.39, 0.29) is 12.1 Å². The molecule has 2 aliphatic rings. The first-order valence-electron chi connectivity index (χ1n) is 12.7. The van der Waals surface area contributed by atoms with Crippen LogP contribution in [0.1, 0.15) is 43.7 Å². The number of piperidine rings is 1. The third-order valence-electron chi connectivity index (χ3n) is 7.22. The van der Waals surface area contributed by atoms with E-state index in [0.717, 1.165) is 47.4 Å². The van der Waals surface area contributed by atoms with E-state index in [0.29, 0.717) is 23.6 Å². The molecule has 6 nitrogen and oxygen atoms in total. The van der Waals surface area contributed by atoms with Crippen molar-refractivity contribution in [3.05, 3.63) is 77.3 Å². The molecule has 0 unspecified atom stereocenters. The Morgan fingerprint density at radius 2 is 1.92 bits per heavy atom. The highest BCUT2D eigenvalue weighted by Gasteiger charge is 2.42. The van der Waals surface area contributed by atoms with Crippen LogP contribution in [0.15, 0.2) is 60.9 Å². The van der Waals surface area contributed by atoms with Crippen molar-refractivity contribution in [1.29, 1.82) is 0 Å². The number of ether oxygens (including phenoxy) is 1. The van der Waals surface area contributed by atoms with Gasteiger partial charge in [-0.15, -0.1) is 0 Å². The highest BCUT2D eigenvalue weighted by molar-refractivity contribution is 7.80. The zero-order chi connectivity index (χ0) is 25.2. The molecule has 0 radical (unpaired) electrons. The van der Waals surface area contributed by atoms with Crippen LogP contribution >= 0.6 is 23.8 Å². The van der Waals surface area contributed by atoms with Gasteiger partial charge in [0.2, 0.25) is 0 Å². The van der Waals surface area contributed by atoms with Crippen LogP contribution in [0.5, 0.6) is 0 Å². The lowest BCUT2D eigenvalue weighted by Crippen LogP contribution is -2.38. The van der Waals surface area contributed by atoms with Gasteiger partial charge in [-0.25, -0.2) is 0 Å². The minimum atomic E-state index is -0.0999. The van der Waals surface area contributed by atoms with Crippen molar-refractivity contribution in [1.82, 2.24) is 14.9 Å². The van der Waals surface area contributed by atoms with Gasteiger partial charge in [-0.2, -0.15) is 0 Å². The predicted octanol–water partition coefficient (Wildman–Crippen LogP) is 5.84. The molecular weight excluding hydrogens is 490 g/mol. The second-order valence-corrected chi connectivity index (χ2v) is 10.9. The van der Waals surface area contributed by atoms with E-state index in [2.05, 4.69) is 75.0 Å². The molecule has 36 heavy (non-hydrogen) atoms. The Hall–Kier alpha value is -2.61. The molecule has 1 aromatic carbocycles. The van der Waals surface area contributed by atoms with Crippen molar-refractivity contribution in [2.75, 3.05) is 36.6 Å². The fraction of sp³-hybridized carbons (Fsp3) is 0.429. The summed E-state index contributed by atoms with van der Waals surface area (Å²) in [6.07, 6.45) is 5.19. The highest BCUT2D eigenvalue weighted by Crippen LogP contribution is 2.43. The van der Waals surface area contributed by atoms with Gasteiger partial charge < -0.3 is 24.4 Å². The molecule has 0 aliphatic carbocycles. The maximum absolute atomic E-state index is 6.94. The molecular formula is C28H34ClN5OS. The molecule has 3 aromatic rings. The van der Waals surface area contributed by atoms with Crippen molar-refractivity contribution in [3.63, 3.8) is 0 Å². The van der Waals surface area contributed by atoms with Crippen LogP contribution < -0.4 is 15.1 Å². The molecule has 2 aromatic heterocycles. The van der Waals surface area contributed by atoms with Crippen molar-refractivity contribution < 1.29 is 4.74 Å². The maximum Gasteiger partial charge on any atom is 0.174 e. The molecule has 5 rings (SSSR count). The van der Waals surface area contributed by atoms with Gasteiger partial charge in [0, 0.05) is 50.5 Å². The Morgan fingerprint density at radius 3 is 2.61 bits per heavy atom. The van der Waals surface area contributed by atoms with Crippen molar-refractivity contribution in [3.8, 4) is 0 Å². The molecule has 0 bridgehead atoms. The normalized spacial score (nSPS) is 24.3. The van der Waals surface area contributed by atoms with Gasteiger partial charge >= 0.3 is 0 Å². The summed E-state index contributed by atoms with van der Waals surface area (Å²) >= 11 is 12.9. The number of nitrogens with one attached hydrogen (secondary N) is 1. The first kappa shape index (κ1) is 25.1. The maximum atomic E-state index is 6.94. The molecule has 0 amide bonds. The Bertz CT molecular complexity index is 1190. The number of thiocarbonyl (C=S) groups is 1. The number of methoxy groups -OCH3 is 1. The fourth-order valence-corrected chi connectivity index (χ4v) is 6.42. The topological polar surface area (TPSA) is 45.6 Å². The van der Waals surface area contributed by atoms with Crippen LogP contribution in [0.2, 0.25) is 5.02 Å². The second-order valence-electron chi connectivity index (χ2n) is 10.1. The van der Waals surface area contributed by atoms with E-state index >= 15 is 0 Å². The lowest BCUT2D eigenvalue weighted by Gasteiger charge is -2.37. The standard InChI is InChI=1S/C28H34ClN5OS/c1-19-15-20(2)18-33(17-19)24-10-9-21(16-22(24)29)34-27(25-8-6-12-32(25)13-14-35-3)26(31-28(34)36)23-7-4-5-11-30-23/h4-12,16,19-20,26-27H,13-15,17-18H2,1-3H3,(H,31,36)/t19-,20+,26-,27+/m1/s1. The Morgan fingerprint density at radius 1 is 1.11 bits per heavy atom. The Kier molecular flexibility index (Phi) is 7.51. The number of aromatic nitrogens is 2. The van der Waals surface area contributed by atoms with E-state index in [1.54, 1.807) is 7.11 Å². The SMILES string of the molecule is COCCn1cccc1[C@H]1[C@@H](c2ccccn2)NC(=S)N1c1ccc(N2C[C@H](C)C[C@H](C)C2)c(Cl)c1. The van der Waals surface area contributed by atoms with Gasteiger partial charge in [0.1, 0.15) is 6.04 Å². The number of hydrogen-bond acceptors (Lipinski definition) is 4. The zero-order valence-electron chi connectivity index (χ0n) is 21.1. The van der Waals surface area contributed by atoms with Crippen LogP contribution in [-0.2, 0) is 11.3 Å². The summed E-state index contributed by atoms with van der Waals surface area (Å²) in [4.78, 5) is 9.28. The smallest absolute Gasteiger partial charge is 0.174 e. The lowest BCUT2D eigenvalue weighted by molar-refractivity contribution is 0.186. The van der Waals surface area contributed by atoms with Crippen molar-refractivity contribution in [2.45, 2.75) is 38.9 Å². The van der Waals surface area contributed by atoms with Crippen LogP contribution in [0.3, 0.4) is 0 Å². The number of halogens is 1. The first-order valence-corrected chi connectivity index (χ1v) is 13.4. The minimum Gasteiger partial charge on any atom is -0.383 e. The number of pyridine rings is 1. The second kappa shape index (κ2) is 10.8. The van der Waals surface area contributed by atoms with Crippen LogP contribution in [0.4, 0.5) is 11.4 Å². The van der Waals surface area contributed by atoms with Gasteiger partial charge in [-0.05, 0) is 72.9 Å². The summed E-state index contributed by atoms with van der Waals surface area (Å²) in [6, 6.07) is 16.4. The molecule has 2 fully saturated rings. The van der Waals surface area contributed by atoms with Crippen LogP contribution in [0, 0.1) is 11.8 Å². The molecule has 8 heteroatoms. The third-order valence-corrected chi connectivity index (χ3v) is 7.84. The summed E-state index contributed by atoms with van der Waals surface area (Å²) in [6.45, 7) is 8.10. The first-order chi connectivity index (χ1) is 17.5. The average Bonchev–Trinajstić information content (AvgIpc) is 3.46. The minimum absolute atomic E-state index is 0.0868. The summed E-state index contributed by atoms with van der Waals surface area (Å²) in [5.41, 5.74) is 4.17. The van der Waals surface area contributed by atoms with Gasteiger partial charge in [-0.3, -0.25) is 4.98 Å². The Balaban J connectivity index is 1.53. The van der Waals surface area contributed by atoms with Crippen molar-refractivity contribution in [2.24, 2.45) is 11.8 Å². The third kappa shape index (κ3) is 4.97. The summed E-state index contributed by atoms with van der Waals surface area (Å²) in [5.74, 6) is 1.31. The predicted molar refractivity (Wildman–Crippen MR) is 151 cm³/mol. The lowest BCUT2D eigenvalue weighted by atomic mass is 9.91. The van der Waals surface area contributed by atoms with Gasteiger partial charge in [0.15, 0.2) is 5.11 Å². The monoisotopic (exact) mass is 523 g/mol. The number of hydrogen-bond donors (Lipinski definition) is 1. The molecule has 4 atom stereocenters. The van der Waals surface area contributed by atoms with Gasteiger partial charge in [0.05, 0.1) is 29.1 Å². The number of rotatable bonds is 7. The summed E-state index contributed by atoms with van der Waals surface area (Å²) in [7, 11) is 1.73. The summed E-state index contributed by atoms with van der Waals surface area (Å²) in [5, 5.41) is 4.97. The zero-order valence-corrected chi connectivity index (χ0v) is 22.7. The number of nitrogens with zero attached hydrogens (tertiary/aromatic N) is 4. The van der Waals surface area contributed by atoms with E-state index in [1.165, 1.54) is 6.42 Å². The summed E-state index contributed by atoms with van der Waals surface area (Å²) < 4.78 is 7.60. The molecule has 2 saturated heterocycles. The largest absolute Gasteiger partial charge is 0.383 e. The van der Waals surface area contributed by atoms with E-state index < -0.39 is 0 Å². The molecule has 2 aliphatic heterocycles. The molecule has 0 spiro atoms. The highest BCUT2D eigenvalue weighted by atomic mass is 35.5. The fourth-order valence-electron chi connectivity index (χ4n) is 5.78. The van der Waals surface area contributed by atoms with E-state index in [9.17, 15) is 0 Å². The van der Waals surface area contributed by atoms with Gasteiger partial charge in [0.25, 0.3) is 0 Å². The molecule has 4 heterocycles. The van der Waals surface area contributed by atoms with Crippen LogP contribution in [-0.4, -0.2) is 41.5 Å². The number of benzene rings is 1. The number of anilines is 2. The molecule has 0 saturated carbocycles. The van der Waals surface area contributed by atoms with Gasteiger partial charge in [-0.1, -0.05) is 31.5 Å². The Labute approximate surface area is 224 Å². The van der Waals surface area contributed by atoms with E-state index in [4.69, 9.17) is 28.6 Å². The average molecular weight is 524 g/mol. The van der Waals surface area contributed by atoms with E-state index in [1.807, 2.05) is 24.4 Å². The quantitative estimate of drug-likeness (QED) is 0.392. The van der Waals surface area contributed by atoms with Crippen molar-refractivity contribution >= 4 is 40.3 Å².